The lowest BCUT2D eigenvalue weighted by Gasteiger charge is -2.24. The van der Waals surface area contributed by atoms with Gasteiger partial charge >= 0.3 is 6.18 Å². The third-order valence-corrected chi connectivity index (χ3v) is 6.68. The van der Waals surface area contributed by atoms with Crippen LogP contribution in [0.25, 0.3) is 10.2 Å². The summed E-state index contributed by atoms with van der Waals surface area (Å²) in [7, 11) is 0. The average Bonchev–Trinajstić information content (AvgIpc) is 3.43. The molecule has 0 spiro atoms. The second-order valence-electron chi connectivity index (χ2n) is 7.27. The van der Waals surface area contributed by atoms with Crippen LogP contribution in [0.3, 0.4) is 0 Å². The van der Waals surface area contributed by atoms with E-state index in [2.05, 4.69) is 31.3 Å². The minimum Gasteiger partial charge on any atom is -0.364 e. The summed E-state index contributed by atoms with van der Waals surface area (Å²) in [5.74, 6) is -1.63. The second kappa shape index (κ2) is 8.74. The third-order valence-electron chi connectivity index (χ3n) is 5.07. The molecular weight excluding hydrogens is 529 g/mol. The number of fused-ring (bicyclic) bond motifs is 1. The van der Waals surface area contributed by atoms with Crippen LogP contribution in [0.15, 0.2) is 28.9 Å². The molecule has 0 unspecified atom stereocenters. The molecule has 3 aromatic heterocycles. The maximum atomic E-state index is 13.2. The number of hydrogen-bond donors (Lipinski definition) is 2. The van der Waals surface area contributed by atoms with Crippen LogP contribution in [-0.2, 0) is 22.3 Å². The monoisotopic (exact) mass is 544 g/mol. The zero-order valence-electron chi connectivity index (χ0n) is 16.7. The van der Waals surface area contributed by atoms with Gasteiger partial charge in [0.1, 0.15) is 27.9 Å². The van der Waals surface area contributed by atoms with Crippen molar-refractivity contribution in [3.05, 3.63) is 39.4 Å². The molecule has 3 N–H and O–H groups in total. The van der Waals surface area contributed by atoms with Gasteiger partial charge in [-0.1, -0.05) is 6.07 Å². The number of nitrogens with zero attached hydrogens (tertiary/aromatic N) is 4. The zero-order valence-corrected chi connectivity index (χ0v) is 19.1. The van der Waals surface area contributed by atoms with Crippen LogP contribution in [0.1, 0.15) is 28.2 Å². The van der Waals surface area contributed by atoms with E-state index in [-0.39, 0.29) is 15.9 Å². The fourth-order valence-electron chi connectivity index (χ4n) is 3.63. The lowest BCUT2D eigenvalue weighted by atomic mass is 10.2. The van der Waals surface area contributed by atoms with Crippen molar-refractivity contribution in [3.8, 4) is 0 Å². The molecule has 4 heterocycles. The van der Waals surface area contributed by atoms with Gasteiger partial charge in [-0.2, -0.15) is 18.3 Å². The molecule has 33 heavy (non-hydrogen) atoms. The number of nitrogens with two attached hydrogens (primary N) is 1. The molecule has 1 atom stereocenters. The fraction of sp³-hybridized carbons (Fsp3) is 0.316. The predicted octanol–water partition coefficient (Wildman–Crippen LogP) is 3.00. The summed E-state index contributed by atoms with van der Waals surface area (Å²) in [5.41, 5.74) is 4.90. The third kappa shape index (κ3) is 4.71. The highest BCUT2D eigenvalue weighted by atomic mass is 79.9. The van der Waals surface area contributed by atoms with E-state index in [1.807, 2.05) is 0 Å². The number of thiophene rings is 1. The van der Waals surface area contributed by atoms with Crippen molar-refractivity contribution in [1.82, 2.24) is 19.7 Å². The second-order valence-corrected chi connectivity index (χ2v) is 9.14. The number of pyridine rings is 1. The van der Waals surface area contributed by atoms with Crippen molar-refractivity contribution in [1.29, 1.82) is 0 Å². The number of hydrogen-bond acceptors (Lipinski definition) is 6. The SMILES string of the molecule is NC(=O)c1nn(CC(=O)N2CCC[C@H]2C(=O)Nc2cccc(Br)n2)c2cc(C(F)(F)F)sc12. The van der Waals surface area contributed by atoms with Gasteiger partial charge < -0.3 is 16.0 Å². The Balaban J connectivity index is 1.56. The molecule has 4 rings (SSSR count). The molecule has 0 aromatic carbocycles. The van der Waals surface area contributed by atoms with Crippen molar-refractivity contribution in [2.75, 3.05) is 11.9 Å². The molecule has 0 aliphatic carbocycles. The van der Waals surface area contributed by atoms with E-state index in [4.69, 9.17) is 5.73 Å². The van der Waals surface area contributed by atoms with Gasteiger partial charge in [0.2, 0.25) is 11.8 Å². The Bertz CT molecular complexity index is 1260. The van der Waals surface area contributed by atoms with Gasteiger partial charge in [-0.15, -0.1) is 11.3 Å². The number of alkyl halides is 3. The molecule has 1 aliphatic heterocycles. The standard InChI is InChI=1S/C19H16BrF3N6O3S/c20-12-4-1-5-13(25-12)26-18(32)9-3-2-6-28(9)14(30)8-29-10-7-11(19(21,22)23)33-16(10)15(27-29)17(24)31/h1,4-5,7,9H,2-3,6,8H2,(H2,24,31)(H,25,26,32)/t9-/m0/s1. The minimum atomic E-state index is -4.62. The molecule has 1 saturated heterocycles. The number of carbonyl (C=O) groups is 3. The number of rotatable bonds is 5. The summed E-state index contributed by atoms with van der Waals surface area (Å²) in [4.78, 5) is 42.0. The lowest BCUT2D eigenvalue weighted by Crippen LogP contribution is -2.44. The van der Waals surface area contributed by atoms with Gasteiger partial charge in [0.25, 0.3) is 5.91 Å². The van der Waals surface area contributed by atoms with Crippen molar-refractivity contribution >= 4 is 61.0 Å². The fourth-order valence-corrected chi connectivity index (χ4v) is 4.99. The van der Waals surface area contributed by atoms with Crippen molar-refractivity contribution < 1.29 is 27.6 Å². The summed E-state index contributed by atoms with van der Waals surface area (Å²) in [5, 5.41) is 6.61. The number of halogens is 4. The number of primary amides is 1. The molecule has 14 heteroatoms. The Morgan fingerprint density at radius 1 is 1.30 bits per heavy atom. The van der Waals surface area contributed by atoms with E-state index < -0.39 is 41.4 Å². The summed E-state index contributed by atoms with van der Waals surface area (Å²) in [6.45, 7) is -0.149. The van der Waals surface area contributed by atoms with Crippen LogP contribution in [-0.4, -0.2) is 50.0 Å². The number of amides is 3. The van der Waals surface area contributed by atoms with E-state index >= 15 is 0 Å². The Labute approximate surface area is 196 Å². The quantitative estimate of drug-likeness (QED) is 0.478. The van der Waals surface area contributed by atoms with Crippen molar-refractivity contribution in [2.45, 2.75) is 31.6 Å². The van der Waals surface area contributed by atoms with E-state index in [9.17, 15) is 27.6 Å². The van der Waals surface area contributed by atoms with Gasteiger partial charge in [-0.25, -0.2) is 4.98 Å². The minimum absolute atomic E-state index is 0.0204. The summed E-state index contributed by atoms with van der Waals surface area (Å²) in [6, 6.07) is 5.05. The highest BCUT2D eigenvalue weighted by molar-refractivity contribution is 9.10. The van der Waals surface area contributed by atoms with Crippen LogP contribution in [0.5, 0.6) is 0 Å². The Morgan fingerprint density at radius 2 is 2.06 bits per heavy atom. The Morgan fingerprint density at radius 3 is 2.73 bits per heavy atom. The first-order valence-electron chi connectivity index (χ1n) is 9.65. The Hall–Kier alpha value is -3.00. The molecule has 9 nitrogen and oxygen atoms in total. The van der Waals surface area contributed by atoms with Crippen molar-refractivity contribution in [2.24, 2.45) is 5.73 Å². The van der Waals surface area contributed by atoms with E-state index in [0.717, 1.165) is 10.7 Å². The highest BCUT2D eigenvalue weighted by Crippen LogP contribution is 2.39. The van der Waals surface area contributed by atoms with Crippen LogP contribution >= 0.6 is 27.3 Å². The number of anilines is 1. The predicted molar refractivity (Wildman–Crippen MR) is 116 cm³/mol. The first kappa shape index (κ1) is 23.2. The topological polar surface area (TPSA) is 123 Å². The number of nitrogens with one attached hydrogen (secondary N) is 1. The summed E-state index contributed by atoms with van der Waals surface area (Å²) < 4.78 is 41.0. The zero-order chi connectivity index (χ0) is 23.9. The molecule has 174 valence electrons. The van der Waals surface area contributed by atoms with E-state index in [1.165, 1.54) is 4.90 Å². The first-order valence-corrected chi connectivity index (χ1v) is 11.3. The smallest absolute Gasteiger partial charge is 0.364 e. The molecule has 1 fully saturated rings. The maximum absolute atomic E-state index is 13.2. The van der Waals surface area contributed by atoms with E-state index in [1.54, 1.807) is 18.2 Å². The highest BCUT2D eigenvalue weighted by Gasteiger charge is 2.37. The molecule has 0 bridgehead atoms. The van der Waals surface area contributed by atoms with Crippen LogP contribution in [0, 0.1) is 0 Å². The van der Waals surface area contributed by atoms with Crippen LogP contribution < -0.4 is 11.1 Å². The van der Waals surface area contributed by atoms with E-state index in [0.29, 0.717) is 41.1 Å². The Kier molecular flexibility index (Phi) is 6.14. The molecule has 0 saturated carbocycles. The number of carbonyl (C=O) groups excluding carboxylic acids is 3. The summed E-state index contributed by atoms with van der Waals surface area (Å²) >= 11 is 3.55. The van der Waals surface area contributed by atoms with Gasteiger partial charge in [0, 0.05) is 6.54 Å². The number of aromatic nitrogens is 3. The molecule has 0 radical (unpaired) electrons. The molecule has 1 aliphatic rings. The van der Waals surface area contributed by atoms with Gasteiger partial charge in [-0.05, 0) is 47.0 Å². The number of likely N-dealkylation sites (tertiary alicyclic amines) is 1. The first-order chi connectivity index (χ1) is 15.5. The maximum Gasteiger partial charge on any atom is 0.425 e. The van der Waals surface area contributed by atoms with Gasteiger partial charge in [0.15, 0.2) is 5.69 Å². The summed E-state index contributed by atoms with van der Waals surface area (Å²) in [6.07, 6.45) is -3.62. The van der Waals surface area contributed by atoms with Gasteiger partial charge in [-0.3, -0.25) is 19.1 Å². The molecule has 3 amide bonds. The average molecular weight is 545 g/mol. The van der Waals surface area contributed by atoms with Gasteiger partial charge in [0.05, 0.1) is 10.2 Å². The lowest BCUT2D eigenvalue weighted by molar-refractivity contribution is -0.137. The van der Waals surface area contributed by atoms with Crippen LogP contribution in [0.4, 0.5) is 19.0 Å². The van der Waals surface area contributed by atoms with Crippen molar-refractivity contribution in [3.63, 3.8) is 0 Å². The molecule has 3 aromatic rings. The molecular formula is C19H16BrF3N6O3S. The normalized spacial score (nSPS) is 16.4. The largest absolute Gasteiger partial charge is 0.425 e. The van der Waals surface area contributed by atoms with Crippen LogP contribution in [0.2, 0.25) is 0 Å².